The van der Waals surface area contributed by atoms with E-state index in [1.165, 1.54) is 5.56 Å². The molecule has 0 aliphatic carbocycles. The van der Waals surface area contributed by atoms with E-state index >= 15 is 0 Å². The van der Waals surface area contributed by atoms with E-state index in [1.807, 2.05) is 27.0 Å². The molecule has 0 amide bonds. The predicted molar refractivity (Wildman–Crippen MR) is 69.2 cm³/mol. The Morgan fingerprint density at radius 1 is 1.25 bits per heavy atom. The molecule has 0 aliphatic heterocycles. The maximum absolute atomic E-state index is 8.71. The highest BCUT2D eigenvalue weighted by Crippen LogP contribution is 2.05. The van der Waals surface area contributed by atoms with Gasteiger partial charge < -0.3 is 5.32 Å². The van der Waals surface area contributed by atoms with Gasteiger partial charge in [0.05, 0.1) is 12.1 Å². The van der Waals surface area contributed by atoms with Crippen molar-refractivity contribution in [1.82, 2.24) is 5.32 Å². The van der Waals surface area contributed by atoms with Crippen molar-refractivity contribution in [2.75, 3.05) is 7.05 Å². The molecule has 0 spiro atoms. The monoisotopic (exact) mass is 218 g/mol. The van der Waals surface area contributed by atoms with Crippen molar-refractivity contribution in [3.8, 4) is 6.07 Å². The van der Waals surface area contributed by atoms with Crippen molar-refractivity contribution < 1.29 is 0 Å². The highest BCUT2D eigenvalue weighted by molar-refractivity contribution is 5.14. The van der Waals surface area contributed by atoms with Crippen LogP contribution in [-0.2, 0) is 6.42 Å². The lowest BCUT2D eigenvalue weighted by Gasteiger charge is -2.06. The number of aryl methyl sites for hydroxylation is 1. The summed E-state index contributed by atoms with van der Waals surface area (Å²) in [6.45, 7) is 4.00. The van der Waals surface area contributed by atoms with Crippen molar-refractivity contribution in [2.24, 2.45) is 0 Å². The Labute approximate surface area is 99.3 Å². The number of benzene rings is 1. The maximum Gasteiger partial charge on any atom is 0.0950 e. The minimum absolute atomic E-state index is 0.00119. The van der Waals surface area contributed by atoms with E-state index in [0.29, 0.717) is 0 Å². The summed E-state index contributed by atoms with van der Waals surface area (Å²) in [6.07, 6.45) is 3.03. The van der Waals surface area contributed by atoms with Crippen LogP contribution < -0.4 is 5.32 Å². The van der Waals surface area contributed by atoms with E-state index in [-0.39, 0.29) is 6.04 Å². The quantitative estimate of drug-likeness (QED) is 0.824. The first-order valence-corrected chi connectivity index (χ1v) is 5.97. The number of rotatable bonds is 5. The van der Waals surface area contributed by atoms with E-state index in [2.05, 4.69) is 35.7 Å². The van der Waals surface area contributed by atoms with Gasteiger partial charge in [0.2, 0.25) is 0 Å². The molecule has 0 aromatic heterocycles. The van der Waals surface area contributed by atoms with Crippen molar-refractivity contribution in [3.05, 3.63) is 35.9 Å². The van der Waals surface area contributed by atoms with E-state index in [0.717, 1.165) is 19.3 Å². The Kier molecular flexibility index (Phi) is 9.35. The molecule has 0 aliphatic rings. The highest BCUT2D eigenvalue weighted by Gasteiger charge is 2.02. The summed E-state index contributed by atoms with van der Waals surface area (Å²) in [4.78, 5) is 0. The van der Waals surface area contributed by atoms with Gasteiger partial charge in [0, 0.05) is 0 Å². The van der Waals surface area contributed by atoms with Crippen molar-refractivity contribution in [2.45, 2.75) is 39.2 Å². The smallest absolute Gasteiger partial charge is 0.0950 e. The molecule has 0 radical (unpaired) electrons. The van der Waals surface area contributed by atoms with Gasteiger partial charge in [0.25, 0.3) is 0 Å². The first-order valence-electron chi connectivity index (χ1n) is 5.97. The highest BCUT2D eigenvalue weighted by atomic mass is 14.9. The average molecular weight is 218 g/mol. The Morgan fingerprint density at radius 3 is 2.38 bits per heavy atom. The summed E-state index contributed by atoms with van der Waals surface area (Å²) in [6, 6.07) is 12.6. The third-order valence-electron chi connectivity index (χ3n) is 2.31. The molecule has 2 nitrogen and oxygen atoms in total. The summed E-state index contributed by atoms with van der Waals surface area (Å²) in [5.74, 6) is 0. The predicted octanol–water partition coefficient (Wildman–Crippen LogP) is 3.15. The van der Waals surface area contributed by atoms with Gasteiger partial charge in [-0.1, -0.05) is 44.2 Å². The van der Waals surface area contributed by atoms with Crippen LogP contribution in [-0.4, -0.2) is 13.1 Å². The van der Waals surface area contributed by atoms with Crippen molar-refractivity contribution >= 4 is 0 Å². The minimum Gasteiger partial charge on any atom is -0.305 e. The fourth-order valence-corrected chi connectivity index (χ4v) is 1.43. The average Bonchev–Trinajstić information content (AvgIpc) is 2.38. The van der Waals surface area contributed by atoms with Crippen LogP contribution in [0.4, 0.5) is 0 Å². The second kappa shape index (κ2) is 10.2. The van der Waals surface area contributed by atoms with E-state index in [9.17, 15) is 0 Å². The molecule has 1 N–H and O–H groups in total. The standard InChI is InChI=1S/C12H16N2.C2H6/c1-14-12(10-13)9-5-8-11-6-3-2-4-7-11;1-2/h2-4,6-7,12,14H,5,8-9H2,1H3;1-2H3. The van der Waals surface area contributed by atoms with Crippen LogP contribution in [0.2, 0.25) is 0 Å². The first kappa shape index (κ1) is 14.7. The van der Waals surface area contributed by atoms with Crippen molar-refractivity contribution in [1.29, 1.82) is 5.26 Å². The van der Waals surface area contributed by atoms with E-state index < -0.39 is 0 Å². The topological polar surface area (TPSA) is 35.8 Å². The first-order chi connectivity index (χ1) is 7.86. The van der Waals surface area contributed by atoms with Crippen LogP contribution >= 0.6 is 0 Å². The van der Waals surface area contributed by atoms with Gasteiger partial charge >= 0.3 is 0 Å². The van der Waals surface area contributed by atoms with Crippen LogP contribution in [0, 0.1) is 11.3 Å². The normalized spacial score (nSPS) is 10.9. The Balaban J connectivity index is 0.00000106. The van der Waals surface area contributed by atoms with Crippen LogP contribution in [0.25, 0.3) is 0 Å². The molecule has 1 unspecified atom stereocenters. The fraction of sp³-hybridized carbons (Fsp3) is 0.500. The molecular weight excluding hydrogens is 196 g/mol. The molecule has 0 bridgehead atoms. The molecule has 88 valence electrons. The molecular formula is C14H22N2. The molecule has 1 aromatic carbocycles. The Hall–Kier alpha value is -1.33. The third kappa shape index (κ3) is 6.21. The molecule has 2 heteroatoms. The lowest BCUT2D eigenvalue weighted by atomic mass is 10.1. The molecule has 0 fully saturated rings. The number of nitriles is 1. The van der Waals surface area contributed by atoms with E-state index in [1.54, 1.807) is 0 Å². The molecule has 1 aromatic rings. The zero-order chi connectivity index (χ0) is 12.2. The second-order valence-electron chi connectivity index (χ2n) is 3.35. The Bertz CT molecular complexity index is 287. The lowest BCUT2D eigenvalue weighted by Crippen LogP contribution is -2.22. The zero-order valence-corrected chi connectivity index (χ0v) is 10.5. The van der Waals surface area contributed by atoms with Gasteiger partial charge in [-0.15, -0.1) is 0 Å². The van der Waals surface area contributed by atoms with Gasteiger partial charge in [-0.2, -0.15) is 5.26 Å². The van der Waals surface area contributed by atoms with Crippen LogP contribution in [0.1, 0.15) is 32.3 Å². The number of nitrogens with one attached hydrogen (secondary N) is 1. The summed E-state index contributed by atoms with van der Waals surface area (Å²) in [7, 11) is 1.83. The Morgan fingerprint density at radius 2 is 1.88 bits per heavy atom. The van der Waals surface area contributed by atoms with E-state index in [4.69, 9.17) is 5.26 Å². The molecule has 0 saturated heterocycles. The SMILES string of the molecule is CC.CNC(C#N)CCCc1ccccc1. The number of nitrogens with zero attached hydrogens (tertiary/aromatic N) is 1. The largest absolute Gasteiger partial charge is 0.305 e. The number of hydrogen-bond acceptors (Lipinski definition) is 2. The second-order valence-corrected chi connectivity index (χ2v) is 3.35. The van der Waals surface area contributed by atoms with Gasteiger partial charge in [-0.05, 0) is 31.9 Å². The summed E-state index contributed by atoms with van der Waals surface area (Å²) >= 11 is 0. The van der Waals surface area contributed by atoms with Gasteiger partial charge in [-0.25, -0.2) is 0 Å². The van der Waals surface area contributed by atoms with Crippen LogP contribution in [0.5, 0.6) is 0 Å². The molecule has 0 saturated carbocycles. The van der Waals surface area contributed by atoms with Gasteiger partial charge in [0.1, 0.15) is 0 Å². The van der Waals surface area contributed by atoms with Crippen LogP contribution in [0.3, 0.4) is 0 Å². The molecule has 16 heavy (non-hydrogen) atoms. The third-order valence-corrected chi connectivity index (χ3v) is 2.31. The number of hydrogen-bond donors (Lipinski definition) is 1. The molecule has 1 atom stereocenters. The summed E-state index contributed by atoms with van der Waals surface area (Å²) < 4.78 is 0. The van der Waals surface area contributed by atoms with Gasteiger partial charge in [-0.3, -0.25) is 0 Å². The zero-order valence-electron chi connectivity index (χ0n) is 10.5. The maximum atomic E-state index is 8.71. The summed E-state index contributed by atoms with van der Waals surface area (Å²) in [5, 5.41) is 11.7. The van der Waals surface area contributed by atoms with Gasteiger partial charge in [0.15, 0.2) is 0 Å². The van der Waals surface area contributed by atoms with Crippen LogP contribution in [0.15, 0.2) is 30.3 Å². The van der Waals surface area contributed by atoms with Crippen molar-refractivity contribution in [3.63, 3.8) is 0 Å². The molecule has 1 rings (SSSR count). The lowest BCUT2D eigenvalue weighted by molar-refractivity contribution is 0.594. The minimum atomic E-state index is -0.00119. The summed E-state index contributed by atoms with van der Waals surface area (Å²) in [5.41, 5.74) is 1.35. The fourth-order valence-electron chi connectivity index (χ4n) is 1.43. The molecule has 0 heterocycles.